The number of carbonyl (C=O) groups is 1. The monoisotopic (exact) mass is 276 g/mol. The normalized spacial score (nSPS) is 12.3. The molecule has 8 heteroatoms. The molecule has 1 atom stereocenters. The van der Waals surface area contributed by atoms with Gasteiger partial charge >= 0.3 is 5.97 Å². The maximum atomic E-state index is 10.8. The lowest BCUT2D eigenvalue weighted by Gasteiger charge is -2.08. The number of hydrogen-bond acceptors (Lipinski definition) is 6. The molecule has 8 nitrogen and oxygen atoms in total. The summed E-state index contributed by atoms with van der Waals surface area (Å²) in [6.45, 7) is 5.78. The van der Waals surface area contributed by atoms with Crippen molar-refractivity contribution in [2.45, 2.75) is 33.7 Å². The molecule has 0 saturated heterocycles. The van der Waals surface area contributed by atoms with E-state index in [2.05, 4.69) is 25.7 Å². The molecule has 2 aromatic rings. The molecule has 0 aromatic carbocycles. The van der Waals surface area contributed by atoms with Crippen molar-refractivity contribution in [1.29, 1.82) is 0 Å². The molecule has 1 unspecified atom stereocenters. The van der Waals surface area contributed by atoms with Crippen molar-refractivity contribution in [3.63, 3.8) is 0 Å². The van der Waals surface area contributed by atoms with Gasteiger partial charge in [-0.3, -0.25) is 4.79 Å². The van der Waals surface area contributed by atoms with E-state index in [1.807, 2.05) is 19.9 Å². The van der Waals surface area contributed by atoms with Gasteiger partial charge in [-0.05, 0) is 36.8 Å². The number of carboxylic acid groups (broad SMARTS) is 1. The second-order valence-electron chi connectivity index (χ2n) is 4.74. The lowest BCUT2D eigenvalue weighted by Crippen LogP contribution is -2.14. The predicted molar refractivity (Wildman–Crippen MR) is 69.7 cm³/mol. The van der Waals surface area contributed by atoms with Gasteiger partial charge in [-0.25, -0.2) is 4.68 Å². The van der Waals surface area contributed by atoms with Crippen LogP contribution in [0.3, 0.4) is 0 Å². The minimum Gasteiger partial charge on any atom is -0.481 e. The summed E-state index contributed by atoms with van der Waals surface area (Å²) in [5.74, 6) is -0.680. The lowest BCUT2D eigenvalue weighted by molar-refractivity contribution is -0.141. The van der Waals surface area contributed by atoms with Crippen LogP contribution in [-0.4, -0.2) is 41.5 Å². The van der Waals surface area contributed by atoms with Crippen LogP contribution in [0.1, 0.15) is 24.7 Å². The van der Waals surface area contributed by atoms with E-state index in [9.17, 15) is 4.79 Å². The molecule has 106 valence electrons. The molecule has 0 fully saturated rings. The topological polar surface area (TPSA) is 107 Å². The molecule has 0 bridgehead atoms. The largest absolute Gasteiger partial charge is 0.481 e. The summed E-state index contributed by atoms with van der Waals surface area (Å²) < 4.78 is 1.60. The number of hydrogen-bond donors (Lipinski definition) is 1. The van der Waals surface area contributed by atoms with Crippen LogP contribution >= 0.6 is 0 Å². The Hall–Kier alpha value is -2.38. The van der Waals surface area contributed by atoms with Crippen molar-refractivity contribution in [1.82, 2.24) is 30.4 Å². The molecule has 0 spiro atoms. The zero-order valence-electron chi connectivity index (χ0n) is 11.6. The Morgan fingerprint density at radius 2 is 2.10 bits per heavy atom. The molecule has 0 aliphatic carbocycles. The van der Waals surface area contributed by atoms with Crippen LogP contribution in [0, 0.1) is 19.8 Å². The molecule has 0 amide bonds. The van der Waals surface area contributed by atoms with Gasteiger partial charge in [-0.2, -0.15) is 10.2 Å². The first-order valence-electron chi connectivity index (χ1n) is 6.29. The third kappa shape index (κ3) is 2.95. The molecular weight excluding hydrogens is 260 g/mol. The molecule has 20 heavy (non-hydrogen) atoms. The van der Waals surface area contributed by atoms with Crippen LogP contribution in [0.15, 0.2) is 6.07 Å². The summed E-state index contributed by atoms with van der Waals surface area (Å²) in [6.07, 6.45) is 0.462. The summed E-state index contributed by atoms with van der Waals surface area (Å²) in [5, 5.41) is 28.5. The van der Waals surface area contributed by atoms with E-state index in [-0.39, 0.29) is 0 Å². The first kappa shape index (κ1) is 14.0. The minimum absolute atomic E-state index is 0.439. The van der Waals surface area contributed by atoms with E-state index in [0.717, 1.165) is 17.0 Å². The van der Waals surface area contributed by atoms with Gasteiger partial charge in [0.05, 0.1) is 17.3 Å². The maximum absolute atomic E-state index is 10.8. The second-order valence-corrected chi connectivity index (χ2v) is 4.74. The SMILES string of the molecule is Cc1cc(-c2nnnn2CCC(C)C(=O)O)c(C)nn1. The van der Waals surface area contributed by atoms with Crippen molar-refractivity contribution in [3.05, 3.63) is 17.5 Å². The van der Waals surface area contributed by atoms with E-state index in [4.69, 9.17) is 5.11 Å². The Balaban J connectivity index is 2.24. The van der Waals surface area contributed by atoms with Crippen LogP contribution in [0.4, 0.5) is 0 Å². The van der Waals surface area contributed by atoms with Crippen LogP contribution in [0.25, 0.3) is 11.4 Å². The highest BCUT2D eigenvalue weighted by atomic mass is 16.4. The Bertz CT molecular complexity index is 624. The van der Waals surface area contributed by atoms with Gasteiger partial charge in [0, 0.05) is 12.1 Å². The number of aliphatic carboxylic acids is 1. The van der Waals surface area contributed by atoms with Gasteiger partial charge in [0.15, 0.2) is 5.82 Å². The Labute approximate surface area is 115 Å². The average molecular weight is 276 g/mol. The molecule has 0 aliphatic heterocycles. The highest BCUT2D eigenvalue weighted by Gasteiger charge is 2.16. The first-order chi connectivity index (χ1) is 9.49. The van der Waals surface area contributed by atoms with Crippen molar-refractivity contribution < 1.29 is 9.90 Å². The molecule has 0 aliphatic rings. The summed E-state index contributed by atoms with van der Waals surface area (Å²) in [6, 6.07) is 1.87. The average Bonchev–Trinajstić information content (AvgIpc) is 2.86. The second kappa shape index (κ2) is 5.72. The van der Waals surface area contributed by atoms with E-state index in [1.54, 1.807) is 11.6 Å². The summed E-state index contributed by atoms with van der Waals surface area (Å²) in [4.78, 5) is 10.8. The van der Waals surface area contributed by atoms with Gasteiger partial charge in [-0.15, -0.1) is 5.10 Å². The number of carboxylic acids is 1. The lowest BCUT2D eigenvalue weighted by atomic mass is 10.1. The van der Waals surface area contributed by atoms with E-state index in [1.165, 1.54) is 0 Å². The highest BCUT2D eigenvalue weighted by Crippen LogP contribution is 2.19. The van der Waals surface area contributed by atoms with E-state index in [0.29, 0.717) is 18.8 Å². The van der Waals surface area contributed by atoms with Gasteiger partial charge in [0.1, 0.15) is 0 Å². The van der Waals surface area contributed by atoms with Crippen molar-refractivity contribution in [2.75, 3.05) is 0 Å². The van der Waals surface area contributed by atoms with Crippen molar-refractivity contribution in [3.8, 4) is 11.4 Å². The Morgan fingerprint density at radius 1 is 1.35 bits per heavy atom. The number of aryl methyl sites for hydroxylation is 3. The van der Waals surface area contributed by atoms with Gasteiger partial charge in [0.2, 0.25) is 0 Å². The summed E-state index contributed by atoms with van der Waals surface area (Å²) in [7, 11) is 0. The molecular formula is C12H16N6O2. The van der Waals surface area contributed by atoms with Crippen LogP contribution in [0.2, 0.25) is 0 Å². The third-order valence-electron chi connectivity index (χ3n) is 3.07. The molecule has 2 aromatic heterocycles. The number of tetrazole rings is 1. The number of rotatable bonds is 5. The Kier molecular flexibility index (Phi) is 4.02. The van der Waals surface area contributed by atoms with Crippen LogP contribution in [0.5, 0.6) is 0 Å². The maximum Gasteiger partial charge on any atom is 0.306 e. The standard InChI is InChI=1S/C12H16N6O2/c1-7(12(19)20)4-5-18-11(15-16-17-18)10-6-8(2)13-14-9(10)3/h6-7H,4-5H2,1-3H3,(H,19,20). The molecule has 0 saturated carbocycles. The molecule has 1 N–H and O–H groups in total. The zero-order chi connectivity index (χ0) is 14.7. The fourth-order valence-corrected chi connectivity index (χ4v) is 1.76. The van der Waals surface area contributed by atoms with Gasteiger partial charge < -0.3 is 5.11 Å². The van der Waals surface area contributed by atoms with Gasteiger partial charge in [0.25, 0.3) is 0 Å². The predicted octanol–water partition coefficient (Wildman–Crippen LogP) is 0.858. The van der Waals surface area contributed by atoms with Crippen molar-refractivity contribution in [2.24, 2.45) is 5.92 Å². The zero-order valence-corrected chi connectivity index (χ0v) is 11.6. The quantitative estimate of drug-likeness (QED) is 0.862. The smallest absolute Gasteiger partial charge is 0.306 e. The van der Waals surface area contributed by atoms with Crippen LogP contribution < -0.4 is 0 Å². The summed E-state index contributed by atoms with van der Waals surface area (Å²) in [5.41, 5.74) is 2.32. The van der Waals surface area contributed by atoms with Crippen LogP contribution in [-0.2, 0) is 11.3 Å². The van der Waals surface area contributed by atoms with E-state index >= 15 is 0 Å². The third-order valence-corrected chi connectivity index (χ3v) is 3.07. The minimum atomic E-state index is -0.822. The van der Waals surface area contributed by atoms with E-state index < -0.39 is 11.9 Å². The fraction of sp³-hybridized carbons (Fsp3) is 0.500. The first-order valence-corrected chi connectivity index (χ1v) is 6.29. The number of aromatic nitrogens is 6. The molecule has 0 radical (unpaired) electrons. The number of nitrogens with zero attached hydrogens (tertiary/aromatic N) is 6. The molecule has 2 heterocycles. The fourth-order valence-electron chi connectivity index (χ4n) is 1.76. The van der Waals surface area contributed by atoms with Crippen molar-refractivity contribution >= 4 is 5.97 Å². The summed E-state index contributed by atoms with van der Waals surface area (Å²) >= 11 is 0. The highest BCUT2D eigenvalue weighted by molar-refractivity contribution is 5.69. The molecule has 2 rings (SSSR count). The Morgan fingerprint density at radius 3 is 2.80 bits per heavy atom. The van der Waals surface area contributed by atoms with Gasteiger partial charge in [-0.1, -0.05) is 6.92 Å².